The fraction of sp³-hybridized carbons (Fsp3) is 0.609. The summed E-state index contributed by atoms with van der Waals surface area (Å²) in [5, 5.41) is 11.9. The summed E-state index contributed by atoms with van der Waals surface area (Å²) >= 11 is 0. The van der Waals surface area contributed by atoms with Crippen LogP contribution < -0.4 is 10.1 Å². The number of ether oxygens (including phenoxy) is 1. The lowest BCUT2D eigenvalue weighted by Crippen LogP contribution is -2.35. The van der Waals surface area contributed by atoms with E-state index in [0.29, 0.717) is 6.54 Å². The Kier molecular flexibility index (Phi) is 6.67. The quantitative estimate of drug-likeness (QED) is 0.723. The minimum atomic E-state index is 0.193. The van der Waals surface area contributed by atoms with E-state index in [2.05, 4.69) is 49.2 Å². The number of hydrogen-bond donors (Lipinski definition) is 1. The van der Waals surface area contributed by atoms with E-state index in [-0.39, 0.29) is 17.9 Å². The zero-order valence-electron chi connectivity index (χ0n) is 18.1. The lowest BCUT2D eigenvalue weighted by Gasteiger charge is -2.24. The third-order valence-electron chi connectivity index (χ3n) is 6.02. The Balaban J connectivity index is 1.27. The fourth-order valence-corrected chi connectivity index (χ4v) is 4.09. The van der Waals surface area contributed by atoms with Crippen molar-refractivity contribution in [2.24, 2.45) is 5.92 Å². The summed E-state index contributed by atoms with van der Waals surface area (Å²) in [6.45, 7) is 8.48. The highest BCUT2D eigenvalue weighted by Crippen LogP contribution is 2.26. The first-order valence-electron chi connectivity index (χ1n) is 11.2. The van der Waals surface area contributed by atoms with Crippen LogP contribution in [0, 0.1) is 5.92 Å². The Morgan fingerprint density at radius 2 is 1.97 bits per heavy atom. The van der Waals surface area contributed by atoms with Crippen molar-refractivity contribution in [2.75, 3.05) is 19.6 Å². The summed E-state index contributed by atoms with van der Waals surface area (Å²) in [6, 6.07) is 8.41. The van der Waals surface area contributed by atoms with Crippen molar-refractivity contribution < 1.29 is 9.53 Å². The number of amides is 1. The number of hydrogen-bond acceptors (Lipinski definition) is 5. The Hall–Kier alpha value is -2.41. The Bertz CT molecular complexity index is 842. The van der Waals surface area contributed by atoms with Gasteiger partial charge in [-0.15, -0.1) is 10.2 Å². The smallest absolute Gasteiger partial charge is 0.223 e. The van der Waals surface area contributed by atoms with Crippen LogP contribution in [0.2, 0.25) is 0 Å². The molecule has 1 fully saturated rings. The molecule has 1 saturated carbocycles. The van der Waals surface area contributed by atoms with Crippen LogP contribution in [0.1, 0.15) is 50.3 Å². The molecule has 2 aromatic rings. The van der Waals surface area contributed by atoms with Gasteiger partial charge < -0.3 is 14.6 Å². The van der Waals surface area contributed by atoms with E-state index < -0.39 is 0 Å². The average Bonchev–Trinajstić information content (AvgIpc) is 2.94. The lowest BCUT2D eigenvalue weighted by atomic mass is 9.85. The Morgan fingerprint density at radius 1 is 1.17 bits per heavy atom. The second-order valence-electron chi connectivity index (χ2n) is 8.69. The van der Waals surface area contributed by atoms with E-state index in [0.717, 1.165) is 69.3 Å². The lowest BCUT2D eigenvalue weighted by molar-refractivity contribution is -0.127. The van der Waals surface area contributed by atoms with Gasteiger partial charge in [0, 0.05) is 51.5 Å². The molecule has 1 aromatic carbocycles. The number of fused-ring (bicyclic) bond motifs is 1. The van der Waals surface area contributed by atoms with Crippen LogP contribution in [0.25, 0.3) is 0 Å². The van der Waals surface area contributed by atoms with E-state index >= 15 is 0 Å². The SMILES string of the molecule is CC(C)Oc1ccc(CN2CCc3nnc(CCNC(=O)C4CCC4)n3CC2)cc1. The topological polar surface area (TPSA) is 72.3 Å². The maximum absolute atomic E-state index is 12.0. The van der Waals surface area contributed by atoms with Gasteiger partial charge in [-0.2, -0.15) is 0 Å². The summed E-state index contributed by atoms with van der Waals surface area (Å²) in [4.78, 5) is 14.5. The maximum Gasteiger partial charge on any atom is 0.223 e. The minimum absolute atomic E-state index is 0.193. The molecule has 1 aliphatic heterocycles. The molecule has 1 N–H and O–H groups in total. The monoisotopic (exact) mass is 411 g/mol. The summed E-state index contributed by atoms with van der Waals surface area (Å²) in [5.74, 6) is 3.40. The molecule has 7 heteroatoms. The van der Waals surface area contributed by atoms with E-state index in [9.17, 15) is 4.79 Å². The van der Waals surface area contributed by atoms with Crippen molar-refractivity contribution in [3.8, 4) is 5.75 Å². The number of nitrogens with one attached hydrogen (secondary N) is 1. The van der Waals surface area contributed by atoms with Crippen LogP contribution >= 0.6 is 0 Å². The van der Waals surface area contributed by atoms with Gasteiger partial charge in [0.1, 0.15) is 17.4 Å². The number of nitrogens with zero attached hydrogens (tertiary/aromatic N) is 4. The highest BCUT2D eigenvalue weighted by atomic mass is 16.5. The Morgan fingerprint density at radius 3 is 2.67 bits per heavy atom. The van der Waals surface area contributed by atoms with Crippen LogP contribution in [0.4, 0.5) is 0 Å². The van der Waals surface area contributed by atoms with Crippen LogP contribution in [0.15, 0.2) is 24.3 Å². The second-order valence-corrected chi connectivity index (χ2v) is 8.69. The molecule has 0 spiro atoms. The maximum atomic E-state index is 12.0. The first-order valence-corrected chi connectivity index (χ1v) is 11.2. The van der Waals surface area contributed by atoms with Crippen LogP contribution in [-0.2, 0) is 30.7 Å². The van der Waals surface area contributed by atoms with Crippen molar-refractivity contribution in [3.63, 3.8) is 0 Å². The normalized spacial score (nSPS) is 17.3. The van der Waals surface area contributed by atoms with Crippen molar-refractivity contribution in [3.05, 3.63) is 41.5 Å². The largest absolute Gasteiger partial charge is 0.491 e. The molecule has 7 nitrogen and oxygen atoms in total. The number of carbonyl (C=O) groups excluding carboxylic acids is 1. The third-order valence-corrected chi connectivity index (χ3v) is 6.02. The van der Waals surface area contributed by atoms with Gasteiger partial charge in [0.05, 0.1) is 6.10 Å². The standard InChI is InChI=1S/C23H33N5O2/c1-17(2)30-20-8-6-18(7-9-20)16-27-13-11-22-26-25-21(28(22)15-14-27)10-12-24-23(29)19-4-3-5-19/h6-9,17,19H,3-5,10-16H2,1-2H3,(H,24,29). The molecule has 1 amide bonds. The molecule has 0 bridgehead atoms. The highest BCUT2D eigenvalue weighted by Gasteiger charge is 2.25. The molecule has 30 heavy (non-hydrogen) atoms. The van der Waals surface area contributed by atoms with E-state index in [1.54, 1.807) is 0 Å². The van der Waals surface area contributed by atoms with Gasteiger partial charge in [-0.25, -0.2) is 0 Å². The van der Waals surface area contributed by atoms with Crippen molar-refractivity contribution in [1.29, 1.82) is 0 Å². The summed E-state index contributed by atoms with van der Waals surface area (Å²) in [6.07, 6.45) is 5.09. The number of rotatable bonds is 8. The molecule has 2 heterocycles. The molecule has 0 saturated heterocycles. The van der Waals surface area contributed by atoms with Crippen LogP contribution in [0.5, 0.6) is 5.75 Å². The first kappa shape index (κ1) is 20.8. The minimum Gasteiger partial charge on any atom is -0.491 e. The highest BCUT2D eigenvalue weighted by molar-refractivity contribution is 5.79. The number of carbonyl (C=O) groups is 1. The molecular formula is C23H33N5O2. The summed E-state index contributed by atoms with van der Waals surface area (Å²) < 4.78 is 7.98. The van der Waals surface area contributed by atoms with Gasteiger partial charge in [-0.3, -0.25) is 9.69 Å². The van der Waals surface area contributed by atoms with E-state index in [4.69, 9.17) is 4.74 Å². The molecule has 1 aromatic heterocycles. The predicted octanol–water partition coefficient (Wildman–Crippen LogP) is 2.58. The average molecular weight is 412 g/mol. The fourth-order valence-electron chi connectivity index (χ4n) is 4.09. The summed E-state index contributed by atoms with van der Waals surface area (Å²) in [7, 11) is 0. The van der Waals surface area contributed by atoms with Crippen molar-refractivity contribution in [1.82, 2.24) is 25.0 Å². The number of benzene rings is 1. The predicted molar refractivity (Wildman–Crippen MR) is 115 cm³/mol. The molecule has 0 atom stereocenters. The van der Waals surface area contributed by atoms with Crippen molar-refractivity contribution >= 4 is 5.91 Å². The van der Waals surface area contributed by atoms with Gasteiger partial charge in [-0.1, -0.05) is 18.6 Å². The third kappa shape index (κ3) is 5.19. The Labute approximate surface area is 178 Å². The van der Waals surface area contributed by atoms with Gasteiger partial charge in [0.2, 0.25) is 5.91 Å². The van der Waals surface area contributed by atoms with E-state index in [1.165, 1.54) is 12.0 Å². The molecule has 1 aliphatic carbocycles. The molecule has 162 valence electrons. The van der Waals surface area contributed by atoms with Gasteiger partial charge >= 0.3 is 0 Å². The molecule has 2 aliphatic rings. The second kappa shape index (κ2) is 9.60. The zero-order chi connectivity index (χ0) is 20.9. The van der Waals surface area contributed by atoms with Crippen molar-refractivity contribution in [2.45, 2.75) is 65.1 Å². The van der Waals surface area contributed by atoms with Crippen LogP contribution in [-0.4, -0.2) is 51.3 Å². The summed E-state index contributed by atoms with van der Waals surface area (Å²) in [5.41, 5.74) is 1.29. The number of aromatic nitrogens is 3. The van der Waals surface area contributed by atoms with E-state index in [1.807, 2.05) is 13.8 Å². The molecule has 0 unspecified atom stereocenters. The van der Waals surface area contributed by atoms with Gasteiger partial charge in [0.25, 0.3) is 0 Å². The molecule has 4 rings (SSSR count). The van der Waals surface area contributed by atoms with Gasteiger partial charge in [-0.05, 0) is 44.4 Å². The zero-order valence-corrected chi connectivity index (χ0v) is 18.1. The molecule has 0 radical (unpaired) electrons. The van der Waals surface area contributed by atoms with Gasteiger partial charge in [0.15, 0.2) is 0 Å². The van der Waals surface area contributed by atoms with Crippen LogP contribution in [0.3, 0.4) is 0 Å². The first-order chi connectivity index (χ1) is 14.6. The molecular weight excluding hydrogens is 378 g/mol.